The van der Waals surface area contributed by atoms with Gasteiger partial charge in [0.05, 0.1) is 5.56 Å². The monoisotopic (exact) mass is 397 g/mol. The maximum Gasteiger partial charge on any atom is 0.253 e. The Labute approximate surface area is 172 Å². The van der Waals surface area contributed by atoms with Gasteiger partial charge in [-0.1, -0.05) is 48.0 Å². The van der Waals surface area contributed by atoms with Crippen LogP contribution in [0.4, 0.5) is 0 Å². The molecule has 1 aromatic heterocycles. The summed E-state index contributed by atoms with van der Waals surface area (Å²) in [5.74, 6) is 0.0448. The van der Waals surface area contributed by atoms with Crippen LogP contribution < -0.4 is 5.32 Å². The molecular weight excluding hydrogens is 370 g/mol. The molecule has 4 rings (SSSR count). The van der Waals surface area contributed by atoms with Crippen molar-refractivity contribution in [2.75, 3.05) is 20.1 Å². The first-order valence-corrected chi connectivity index (χ1v) is 9.73. The number of hydrogen-bond acceptors (Lipinski definition) is 2. The Morgan fingerprint density at radius 2 is 1.75 bits per heavy atom. The van der Waals surface area contributed by atoms with Crippen LogP contribution in [-0.4, -0.2) is 41.6 Å². The molecule has 0 saturated carbocycles. The number of hydrogen-bond donors (Lipinski definition) is 1. The van der Waals surface area contributed by atoms with E-state index in [2.05, 4.69) is 59.1 Å². The van der Waals surface area contributed by atoms with E-state index in [1.54, 1.807) is 0 Å². The number of piperidine rings is 1. The van der Waals surface area contributed by atoms with E-state index in [0.29, 0.717) is 0 Å². The molecule has 1 aliphatic rings. The summed E-state index contributed by atoms with van der Waals surface area (Å²) in [5.41, 5.74) is 4.38. The Morgan fingerprint density at radius 3 is 2.46 bits per heavy atom. The molecule has 0 atom stereocenters. The van der Waals surface area contributed by atoms with Gasteiger partial charge in [-0.25, -0.2) is 0 Å². The van der Waals surface area contributed by atoms with Crippen molar-refractivity contribution in [3.8, 4) is 0 Å². The largest absolute Gasteiger partial charge is 0.349 e. The molecule has 0 aliphatic carbocycles. The second-order valence-corrected chi connectivity index (χ2v) is 7.72. The van der Waals surface area contributed by atoms with Crippen molar-refractivity contribution >= 4 is 29.2 Å². The van der Waals surface area contributed by atoms with Gasteiger partial charge in [0.2, 0.25) is 0 Å². The molecular formula is C23H28ClN3O. The van der Waals surface area contributed by atoms with Gasteiger partial charge in [-0.05, 0) is 51.5 Å². The third kappa shape index (κ3) is 4.40. The number of carbonyl (C=O) groups excluding carboxylic acids is 1. The van der Waals surface area contributed by atoms with Gasteiger partial charge in [-0.2, -0.15) is 0 Å². The fraction of sp³-hybridized carbons (Fsp3) is 0.348. The van der Waals surface area contributed by atoms with E-state index in [1.807, 2.05) is 24.4 Å². The lowest BCUT2D eigenvalue weighted by Crippen LogP contribution is -2.43. The lowest BCUT2D eigenvalue weighted by atomic mass is 10.0. The predicted octanol–water partition coefficient (Wildman–Crippen LogP) is 4.24. The van der Waals surface area contributed by atoms with E-state index in [-0.39, 0.29) is 24.4 Å². The van der Waals surface area contributed by atoms with Crippen LogP contribution in [0.1, 0.15) is 34.3 Å². The summed E-state index contributed by atoms with van der Waals surface area (Å²) in [4.78, 5) is 15.3. The minimum Gasteiger partial charge on any atom is -0.349 e. The predicted molar refractivity (Wildman–Crippen MR) is 117 cm³/mol. The standard InChI is InChI=1S/C23H27N3O.ClH/c1-17-7-9-18(10-8-17)15-26-16-21(20-5-3-4-6-22(20)26)23(27)24-19-11-13-25(2)14-12-19;/h3-10,16,19H,11-15H2,1-2H3,(H,24,27);1H. The van der Waals surface area contributed by atoms with Crippen molar-refractivity contribution in [3.05, 3.63) is 71.4 Å². The summed E-state index contributed by atoms with van der Waals surface area (Å²) < 4.78 is 2.18. The summed E-state index contributed by atoms with van der Waals surface area (Å²) in [7, 11) is 2.14. The first-order chi connectivity index (χ1) is 13.1. The number of nitrogens with zero attached hydrogens (tertiary/aromatic N) is 2. The van der Waals surface area contributed by atoms with E-state index in [4.69, 9.17) is 0 Å². The molecule has 28 heavy (non-hydrogen) atoms. The van der Waals surface area contributed by atoms with Crippen molar-refractivity contribution < 1.29 is 4.79 Å². The Hall–Kier alpha value is -2.30. The molecule has 1 aliphatic heterocycles. The minimum absolute atomic E-state index is 0. The van der Waals surface area contributed by atoms with Gasteiger partial charge in [-0.15, -0.1) is 12.4 Å². The van der Waals surface area contributed by atoms with E-state index < -0.39 is 0 Å². The number of benzene rings is 2. The number of fused-ring (bicyclic) bond motifs is 1. The van der Waals surface area contributed by atoms with Gasteiger partial charge < -0.3 is 14.8 Å². The SMILES string of the molecule is Cc1ccc(Cn2cc(C(=O)NC3CCN(C)CC3)c3ccccc32)cc1.Cl. The smallest absolute Gasteiger partial charge is 0.253 e. The summed E-state index contributed by atoms with van der Waals surface area (Å²) in [6, 6.07) is 17.0. The minimum atomic E-state index is 0. The number of para-hydroxylation sites is 1. The van der Waals surface area contributed by atoms with Gasteiger partial charge in [0.15, 0.2) is 0 Å². The zero-order valence-corrected chi connectivity index (χ0v) is 17.3. The molecule has 0 bridgehead atoms. The maximum absolute atomic E-state index is 13.0. The molecule has 3 aromatic rings. The number of aryl methyl sites for hydroxylation is 1. The summed E-state index contributed by atoms with van der Waals surface area (Å²) in [5, 5.41) is 4.28. The number of amides is 1. The Kier molecular flexibility index (Phi) is 6.42. The molecule has 1 N–H and O–H groups in total. The summed E-state index contributed by atoms with van der Waals surface area (Å²) >= 11 is 0. The molecule has 148 valence electrons. The van der Waals surface area contributed by atoms with Gasteiger partial charge >= 0.3 is 0 Å². The van der Waals surface area contributed by atoms with Crippen LogP contribution in [0.2, 0.25) is 0 Å². The second-order valence-electron chi connectivity index (χ2n) is 7.72. The molecule has 2 heterocycles. The zero-order valence-electron chi connectivity index (χ0n) is 16.5. The zero-order chi connectivity index (χ0) is 18.8. The average Bonchev–Trinajstić information content (AvgIpc) is 3.04. The van der Waals surface area contributed by atoms with E-state index in [0.717, 1.165) is 48.9 Å². The van der Waals surface area contributed by atoms with Crippen LogP contribution in [0.5, 0.6) is 0 Å². The Balaban J connectivity index is 0.00000225. The number of halogens is 1. The third-order valence-electron chi connectivity index (χ3n) is 5.56. The normalized spacial score (nSPS) is 15.4. The molecule has 1 fully saturated rings. The van der Waals surface area contributed by atoms with Crippen LogP contribution in [0.25, 0.3) is 10.9 Å². The van der Waals surface area contributed by atoms with E-state index >= 15 is 0 Å². The lowest BCUT2D eigenvalue weighted by Gasteiger charge is -2.29. The summed E-state index contributed by atoms with van der Waals surface area (Å²) in [6.45, 7) is 4.95. The van der Waals surface area contributed by atoms with Gasteiger partial charge in [0.1, 0.15) is 0 Å². The maximum atomic E-state index is 13.0. The van der Waals surface area contributed by atoms with Crippen molar-refractivity contribution in [2.24, 2.45) is 0 Å². The lowest BCUT2D eigenvalue weighted by molar-refractivity contribution is 0.0918. The first-order valence-electron chi connectivity index (χ1n) is 9.73. The molecule has 5 heteroatoms. The highest BCUT2D eigenvalue weighted by atomic mass is 35.5. The van der Waals surface area contributed by atoms with E-state index in [9.17, 15) is 4.79 Å². The van der Waals surface area contributed by atoms with Crippen molar-refractivity contribution in [1.82, 2.24) is 14.8 Å². The van der Waals surface area contributed by atoms with Crippen molar-refractivity contribution in [2.45, 2.75) is 32.4 Å². The average molecular weight is 398 g/mol. The van der Waals surface area contributed by atoms with Crippen LogP contribution in [0, 0.1) is 6.92 Å². The first kappa shape index (κ1) is 20.4. The molecule has 0 spiro atoms. The number of carbonyl (C=O) groups is 1. The molecule has 0 radical (unpaired) electrons. The number of rotatable bonds is 4. The van der Waals surface area contributed by atoms with Crippen LogP contribution in [0.15, 0.2) is 54.7 Å². The molecule has 1 amide bonds. The van der Waals surface area contributed by atoms with Gasteiger partial charge in [0, 0.05) is 29.7 Å². The number of aromatic nitrogens is 1. The number of likely N-dealkylation sites (tertiary alicyclic amines) is 1. The van der Waals surface area contributed by atoms with Gasteiger partial charge in [0.25, 0.3) is 5.91 Å². The van der Waals surface area contributed by atoms with Crippen LogP contribution in [0.3, 0.4) is 0 Å². The fourth-order valence-electron chi connectivity index (χ4n) is 3.86. The highest BCUT2D eigenvalue weighted by Crippen LogP contribution is 2.23. The third-order valence-corrected chi connectivity index (χ3v) is 5.56. The van der Waals surface area contributed by atoms with Crippen molar-refractivity contribution in [3.63, 3.8) is 0 Å². The summed E-state index contributed by atoms with van der Waals surface area (Å²) in [6.07, 6.45) is 4.04. The highest BCUT2D eigenvalue weighted by molar-refractivity contribution is 6.07. The topological polar surface area (TPSA) is 37.3 Å². The number of nitrogens with one attached hydrogen (secondary N) is 1. The van der Waals surface area contributed by atoms with E-state index in [1.165, 1.54) is 11.1 Å². The second kappa shape index (κ2) is 8.80. The molecule has 1 saturated heterocycles. The Morgan fingerprint density at radius 1 is 1.07 bits per heavy atom. The van der Waals surface area contributed by atoms with Crippen molar-refractivity contribution in [1.29, 1.82) is 0 Å². The van der Waals surface area contributed by atoms with Crippen LogP contribution in [-0.2, 0) is 6.54 Å². The van der Waals surface area contributed by atoms with Gasteiger partial charge in [-0.3, -0.25) is 4.79 Å². The molecule has 4 nitrogen and oxygen atoms in total. The van der Waals surface area contributed by atoms with Crippen LogP contribution >= 0.6 is 12.4 Å². The Bertz CT molecular complexity index is 940. The molecule has 2 aromatic carbocycles. The highest BCUT2D eigenvalue weighted by Gasteiger charge is 2.21. The fourth-order valence-corrected chi connectivity index (χ4v) is 3.86. The molecule has 0 unspecified atom stereocenters. The quantitative estimate of drug-likeness (QED) is 0.714.